The van der Waals surface area contributed by atoms with Crippen LogP contribution in [0.25, 0.3) is 0 Å². The minimum Gasteiger partial charge on any atom is -0.481 e. The summed E-state index contributed by atoms with van der Waals surface area (Å²) < 4.78 is 0. The third-order valence-electron chi connectivity index (χ3n) is 13.8. The van der Waals surface area contributed by atoms with Crippen LogP contribution in [0, 0.1) is 0 Å². The molecule has 2 aromatic carbocycles. The highest BCUT2D eigenvalue weighted by Crippen LogP contribution is 2.17. The topological polar surface area (TPSA) is 464 Å². The second-order valence-corrected chi connectivity index (χ2v) is 21.7. The quantitative estimate of drug-likeness (QED) is 0.0307. The Hall–Kier alpha value is -8.75. The first-order valence-electron chi connectivity index (χ1n) is 28.6. The van der Waals surface area contributed by atoms with Gasteiger partial charge in [-0.05, 0) is 106 Å². The van der Waals surface area contributed by atoms with E-state index in [1.165, 1.54) is 0 Å². The van der Waals surface area contributed by atoms with Crippen LogP contribution < -0.4 is 47.9 Å². The van der Waals surface area contributed by atoms with Gasteiger partial charge in [-0.25, -0.2) is 14.4 Å². The molecule has 3 rings (SSSR count). The molecule has 31 nitrogen and oxygen atoms in total. The lowest BCUT2D eigenvalue weighted by molar-refractivity contribution is -0.143. The van der Waals surface area contributed by atoms with Crippen molar-refractivity contribution in [2.45, 2.75) is 134 Å². The molecule has 1 fully saturated rings. The van der Waals surface area contributed by atoms with Gasteiger partial charge < -0.3 is 83.6 Å². The highest BCUT2D eigenvalue weighted by atomic mass is 32.1. The van der Waals surface area contributed by atoms with Gasteiger partial charge in [-0.1, -0.05) is 36.4 Å². The summed E-state index contributed by atoms with van der Waals surface area (Å²) in [5.41, 5.74) is 2.62. The zero-order chi connectivity index (χ0) is 65.3. The molecule has 1 unspecified atom stereocenters. The lowest BCUT2D eigenvalue weighted by Crippen LogP contribution is -2.55. The smallest absolute Gasteiger partial charge is 0.326 e. The van der Waals surface area contributed by atoms with Gasteiger partial charge in [0.15, 0.2) is 5.11 Å². The SMILES string of the molecule is C[C@H](CCCCNC(=O)NCc1ccc(CC(=O)N[C@@H](CC(=O)O)C(=O)N[C@@H](CC(=O)O)C(=O)N[C@H](C)CCCCNC(=S)Nc2ccc(CC3CN(CC(=O)O)CCN(CC(=O)O)CCN3CC(=O)O)cc2)cc1)NC(=O)N[C@@H](CCC(=O)O)C(=O)O. The Balaban J connectivity index is 1.41. The van der Waals surface area contributed by atoms with Gasteiger partial charge in [0.1, 0.15) is 18.1 Å². The fourth-order valence-corrected chi connectivity index (χ4v) is 9.49. The third-order valence-corrected chi connectivity index (χ3v) is 14.0. The van der Waals surface area contributed by atoms with Gasteiger partial charge in [0, 0.05) is 82.6 Å². The van der Waals surface area contributed by atoms with Crippen molar-refractivity contribution in [3.63, 3.8) is 0 Å². The van der Waals surface area contributed by atoms with Crippen LogP contribution in [-0.2, 0) is 67.3 Å². The number of carboxylic acid groups (broad SMARTS) is 7. The van der Waals surface area contributed by atoms with E-state index < -0.39 is 121 Å². The van der Waals surface area contributed by atoms with Gasteiger partial charge in [-0.2, -0.15) is 0 Å². The summed E-state index contributed by atoms with van der Waals surface area (Å²) in [6, 6.07) is 6.59. The number of nitrogens with zero attached hydrogens (tertiary/aromatic N) is 3. The van der Waals surface area contributed by atoms with E-state index in [0.717, 1.165) is 5.56 Å². The van der Waals surface area contributed by atoms with E-state index in [1.807, 2.05) is 12.1 Å². The highest BCUT2D eigenvalue weighted by molar-refractivity contribution is 7.80. The van der Waals surface area contributed by atoms with Crippen LogP contribution in [0.3, 0.4) is 0 Å². The molecule has 6 atom stereocenters. The number of hydrogen-bond donors (Lipinski definition) is 16. The maximum absolute atomic E-state index is 13.4. The fourth-order valence-electron chi connectivity index (χ4n) is 9.27. The summed E-state index contributed by atoms with van der Waals surface area (Å²) in [5, 5.41) is 89.9. The summed E-state index contributed by atoms with van der Waals surface area (Å²) in [6.07, 6.45) is 0.897. The molecule has 0 radical (unpaired) electrons. The second-order valence-electron chi connectivity index (χ2n) is 21.3. The van der Waals surface area contributed by atoms with Crippen molar-refractivity contribution in [2.24, 2.45) is 0 Å². The summed E-state index contributed by atoms with van der Waals surface area (Å²) >= 11 is 5.48. The van der Waals surface area contributed by atoms with E-state index in [4.69, 9.17) is 17.3 Å². The predicted octanol–water partition coefficient (Wildman–Crippen LogP) is -0.131. The number of carboxylic acids is 7. The van der Waals surface area contributed by atoms with Crippen LogP contribution in [0.15, 0.2) is 48.5 Å². The average Bonchev–Trinajstić information content (AvgIpc) is 3.74. The second kappa shape index (κ2) is 39.1. The molecule has 1 heterocycles. The first-order chi connectivity index (χ1) is 41.6. The maximum Gasteiger partial charge on any atom is 0.326 e. The van der Waals surface area contributed by atoms with Crippen LogP contribution in [0.2, 0.25) is 0 Å². The molecule has 0 saturated carbocycles. The molecule has 1 aliphatic rings. The van der Waals surface area contributed by atoms with Gasteiger partial charge in [0.2, 0.25) is 17.7 Å². The molecule has 1 saturated heterocycles. The van der Waals surface area contributed by atoms with Crippen LogP contribution in [0.1, 0.15) is 94.7 Å². The van der Waals surface area contributed by atoms with Crippen LogP contribution in [0.5, 0.6) is 0 Å². The van der Waals surface area contributed by atoms with Crippen molar-refractivity contribution in [1.82, 2.24) is 57.2 Å². The fraction of sp³-hybridized carbons (Fsp3) is 0.554. The Labute approximate surface area is 513 Å². The number of urea groups is 2. The van der Waals surface area contributed by atoms with Crippen molar-refractivity contribution < 1.29 is 93.3 Å². The number of carbonyl (C=O) groups is 12. The third kappa shape index (κ3) is 31.6. The Morgan fingerprint density at radius 2 is 1.03 bits per heavy atom. The van der Waals surface area contributed by atoms with Gasteiger partial charge in [-0.3, -0.25) is 57.9 Å². The van der Waals surface area contributed by atoms with Crippen molar-refractivity contribution >= 4 is 94.6 Å². The Morgan fingerprint density at radius 1 is 0.511 bits per heavy atom. The minimum absolute atomic E-state index is 0.113. The van der Waals surface area contributed by atoms with Gasteiger partial charge in [0.25, 0.3) is 0 Å². The van der Waals surface area contributed by atoms with E-state index >= 15 is 0 Å². The molecule has 0 bridgehead atoms. The zero-order valence-electron chi connectivity index (χ0n) is 49.1. The first kappa shape index (κ1) is 73.5. The highest BCUT2D eigenvalue weighted by Gasteiger charge is 2.32. The van der Waals surface area contributed by atoms with Crippen LogP contribution >= 0.6 is 12.2 Å². The Bertz CT molecular complexity index is 2710. The molecule has 16 N–H and O–H groups in total. The molecular formula is C56H82N12O19S. The zero-order valence-corrected chi connectivity index (χ0v) is 49.9. The predicted molar refractivity (Wildman–Crippen MR) is 319 cm³/mol. The van der Waals surface area contributed by atoms with Crippen molar-refractivity contribution in [3.8, 4) is 0 Å². The van der Waals surface area contributed by atoms with E-state index in [-0.39, 0.29) is 71.2 Å². The lowest BCUT2D eigenvalue weighted by atomic mass is 10.0. The molecule has 0 spiro atoms. The number of aliphatic carboxylic acids is 7. The summed E-state index contributed by atoms with van der Waals surface area (Å²) in [5.74, 6) is -11.3. The number of benzene rings is 2. The molecule has 32 heteroatoms. The van der Waals surface area contributed by atoms with E-state index in [9.17, 15) is 88.2 Å². The number of rotatable bonds is 38. The van der Waals surface area contributed by atoms with Crippen molar-refractivity contribution in [1.29, 1.82) is 0 Å². The van der Waals surface area contributed by atoms with Crippen LogP contribution in [0.4, 0.5) is 15.3 Å². The van der Waals surface area contributed by atoms with Crippen LogP contribution in [-0.4, -0.2) is 229 Å². The molecular weight excluding hydrogens is 1180 g/mol. The number of thiocarbonyl (C=S) groups is 1. The van der Waals surface area contributed by atoms with E-state index in [1.54, 1.807) is 64.9 Å². The summed E-state index contributed by atoms with van der Waals surface area (Å²) in [7, 11) is 0. The van der Waals surface area contributed by atoms with E-state index in [2.05, 4.69) is 47.9 Å². The van der Waals surface area contributed by atoms with Crippen molar-refractivity contribution in [3.05, 3.63) is 65.2 Å². The molecule has 486 valence electrons. The number of hydrogen-bond acceptors (Lipinski definition) is 16. The number of carbonyl (C=O) groups excluding carboxylic acids is 5. The molecule has 2 aromatic rings. The molecule has 0 aromatic heterocycles. The molecule has 7 amide bonds. The Kier molecular flexibility index (Phi) is 32.7. The normalized spacial score (nSPS) is 15.5. The number of unbranched alkanes of at least 4 members (excludes halogenated alkanes) is 2. The summed E-state index contributed by atoms with van der Waals surface area (Å²) in [6.45, 7) is 4.70. The first-order valence-corrected chi connectivity index (χ1v) is 29.0. The Morgan fingerprint density at radius 3 is 1.61 bits per heavy atom. The lowest BCUT2D eigenvalue weighted by Gasteiger charge is -2.33. The molecule has 88 heavy (non-hydrogen) atoms. The van der Waals surface area contributed by atoms with Gasteiger partial charge in [0.05, 0.1) is 38.9 Å². The van der Waals surface area contributed by atoms with E-state index in [0.29, 0.717) is 86.5 Å². The average molecular weight is 1260 g/mol. The molecule has 0 aliphatic carbocycles. The van der Waals surface area contributed by atoms with Gasteiger partial charge >= 0.3 is 53.8 Å². The maximum atomic E-state index is 13.4. The number of amides is 7. The summed E-state index contributed by atoms with van der Waals surface area (Å²) in [4.78, 5) is 150. The molecule has 1 aliphatic heterocycles. The monoisotopic (exact) mass is 1260 g/mol. The number of nitrogens with one attached hydrogen (secondary N) is 9. The minimum atomic E-state index is -1.68. The standard InChI is InChI=1S/C56H82N12O19S/c1-34(7-4-6-20-58-56(88)62-39-15-13-36(14-16-39)25-40-30-67(32-49(78)79)22-21-66(31-48(76)77)23-24-68(40)33-50(80)81)60-51(82)43(28-47(74)75)64-52(83)42(27-46(72)73)63-44(69)26-37-9-11-38(12-10-37)29-59-54(86)57-19-5-3-8-35(2)61-55(87)65-41(53(84)85)17-18-45(70)71/h9-16,34-35,40-43H,3-8,17-33H2,1-2H3,(H,60,82)(H,63,69)(H,64,83)(H,70,71)(H,72,73)(H,74,75)(H,76,77)(H,78,79)(H,80,81)(H,84,85)(H2,57,59,86)(H2,58,62,88)(H2,61,65,87)/t34-,35-,40?,41+,42+,43+/m1/s1. The van der Waals surface area contributed by atoms with Crippen molar-refractivity contribution in [2.75, 3.05) is 70.8 Å². The largest absolute Gasteiger partial charge is 0.481 e. The van der Waals surface area contributed by atoms with Gasteiger partial charge in [-0.15, -0.1) is 0 Å². The number of anilines is 1.